The molecule has 1 unspecified atom stereocenters. The van der Waals surface area contributed by atoms with Crippen molar-refractivity contribution >= 4 is 5.71 Å². The SMILES string of the molecule is CCC1CN(C2CCCCC2)CCC1=NO. The Kier molecular flexibility index (Phi) is 4.22. The van der Waals surface area contributed by atoms with E-state index in [1.54, 1.807) is 0 Å². The van der Waals surface area contributed by atoms with E-state index in [-0.39, 0.29) is 0 Å². The maximum atomic E-state index is 8.96. The van der Waals surface area contributed by atoms with Gasteiger partial charge in [0.1, 0.15) is 0 Å². The number of piperidine rings is 1. The Labute approximate surface area is 98.5 Å². The number of oxime groups is 1. The molecule has 1 aliphatic carbocycles. The average Bonchev–Trinajstić information content (AvgIpc) is 2.39. The number of hydrogen-bond acceptors (Lipinski definition) is 3. The van der Waals surface area contributed by atoms with Gasteiger partial charge in [0, 0.05) is 31.5 Å². The van der Waals surface area contributed by atoms with Crippen molar-refractivity contribution in [2.75, 3.05) is 13.1 Å². The van der Waals surface area contributed by atoms with Gasteiger partial charge in [-0.2, -0.15) is 0 Å². The molecule has 2 aliphatic rings. The van der Waals surface area contributed by atoms with Crippen LogP contribution < -0.4 is 0 Å². The molecular formula is C13H24N2O. The molecule has 1 N–H and O–H groups in total. The molecule has 92 valence electrons. The average molecular weight is 224 g/mol. The van der Waals surface area contributed by atoms with Crippen molar-refractivity contribution in [1.29, 1.82) is 0 Å². The Morgan fingerprint density at radius 1 is 1.31 bits per heavy atom. The van der Waals surface area contributed by atoms with Crippen LogP contribution in [0.1, 0.15) is 51.9 Å². The zero-order valence-corrected chi connectivity index (χ0v) is 10.4. The van der Waals surface area contributed by atoms with Gasteiger partial charge in [-0.05, 0) is 19.3 Å². The third-order valence-electron chi connectivity index (χ3n) is 4.29. The van der Waals surface area contributed by atoms with E-state index in [4.69, 9.17) is 5.21 Å². The van der Waals surface area contributed by atoms with E-state index in [1.807, 2.05) is 0 Å². The van der Waals surface area contributed by atoms with E-state index in [2.05, 4.69) is 17.0 Å². The lowest BCUT2D eigenvalue weighted by Gasteiger charge is -2.40. The molecule has 0 radical (unpaired) electrons. The summed E-state index contributed by atoms with van der Waals surface area (Å²) < 4.78 is 0. The molecule has 0 aromatic heterocycles. The fourth-order valence-electron chi connectivity index (χ4n) is 3.22. The van der Waals surface area contributed by atoms with Gasteiger partial charge in [0.2, 0.25) is 0 Å². The Hall–Kier alpha value is -0.570. The van der Waals surface area contributed by atoms with E-state index in [9.17, 15) is 0 Å². The van der Waals surface area contributed by atoms with E-state index >= 15 is 0 Å². The monoisotopic (exact) mass is 224 g/mol. The Balaban J connectivity index is 1.93. The smallest absolute Gasteiger partial charge is 0.0627 e. The van der Waals surface area contributed by atoms with Gasteiger partial charge in [0.05, 0.1) is 5.71 Å². The van der Waals surface area contributed by atoms with Crippen molar-refractivity contribution < 1.29 is 5.21 Å². The number of nitrogens with zero attached hydrogens (tertiary/aromatic N) is 2. The predicted molar refractivity (Wildman–Crippen MR) is 66.1 cm³/mol. The molecule has 1 heterocycles. The summed E-state index contributed by atoms with van der Waals surface area (Å²) >= 11 is 0. The normalized spacial score (nSPS) is 32.1. The van der Waals surface area contributed by atoms with Gasteiger partial charge in [-0.15, -0.1) is 0 Å². The van der Waals surface area contributed by atoms with Gasteiger partial charge in [-0.25, -0.2) is 0 Å². The van der Waals surface area contributed by atoms with Gasteiger partial charge in [-0.1, -0.05) is 31.3 Å². The molecule has 2 rings (SSSR count). The van der Waals surface area contributed by atoms with E-state index in [0.717, 1.165) is 37.7 Å². The fraction of sp³-hybridized carbons (Fsp3) is 0.923. The lowest BCUT2D eigenvalue weighted by molar-refractivity contribution is 0.133. The molecule has 1 atom stereocenters. The van der Waals surface area contributed by atoms with Gasteiger partial charge >= 0.3 is 0 Å². The fourth-order valence-corrected chi connectivity index (χ4v) is 3.22. The number of rotatable bonds is 2. The first-order valence-corrected chi connectivity index (χ1v) is 6.80. The lowest BCUT2D eigenvalue weighted by atomic mass is 9.88. The van der Waals surface area contributed by atoms with Gasteiger partial charge in [0.25, 0.3) is 0 Å². The minimum Gasteiger partial charge on any atom is -0.411 e. The first-order valence-electron chi connectivity index (χ1n) is 6.80. The molecule has 3 nitrogen and oxygen atoms in total. The molecule has 0 bridgehead atoms. The molecule has 0 aromatic carbocycles. The topological polar surface area (TPSA) is 35.8 Å². The van der Waals surface area contributed by atoms with Gasteiger partial charge in [-0.3, -0.25) is 4.90 Å². The zero-order valence-electron chi connectivity index (χ0n) is 10.4. The van der Waals surface area contributed by atoms with E-state index in [1.165, 1.54) is 32.1 Å². The largest absolute Gasteiger partial charge is 0.411 e. The summed E-state index contributed by atoms with van der Waals surface area (Å²) in [6.45, 7) is 4.40. The molecule has 0 aromatic rings. The second-order valence-electron chi connectivity index (χ2n) is 5.23. The third kappa shape index (κ3) is 2.57. The van der Waals surface area contributed by atoms with Crippen LogP contribution >= 0.6 is 0 Å². The Morgan fingerprint density at radius 3 is 2.69 bits per heavy atom. The minimum atomic E-state index is 0.487. The van der Waals surface area contributed by atoms with Crippen molar-refractivity contribution in [3.8, 4) is 0 Å². The molecule has 2 fully saturated rings. The van der Waals surface area contributed by atoms with Crippen LogP contribution in [0.4, 0.5) is 0 Å². The summed E-state index contributed by atoms with van der Waals surface area (Å²) in [7, 11) is 0. The first kappa shape index (κ1) is 11.9. The summed E-state index contributed by atoms with van der Waals surface area (Å²) in [5, 5.41) is 12.4. The summed E-state index contributed by atoms with van der Waals surface area (Å²) in [5.74, 6) is 0.487. The van der Waals surface area contributed by atoms with Gasteiger partial charge in [0.15, 0.2) is 0 Å². The van der Waals surface area contributed by atoms with Crippen LogP contribution in [0.2, 0.25) is 0 Å². The predicted octanol–water partition coefficient (Wildman–Crippen LogP) is 2.88. The highest BCUT2D eigenvalue weighted by Gasteiger charge is 2.29. The molecular weight excluding hydrogens is 200 g/mol. The van der Waals surface area contributed by atoms with Gasteiger partial charge < -0.3 is 5.21 Å². The standard InChI is InChI=1S/C13H24N2O/c1-2-11-10-15(9-8-13(11)14-16)12-6-4-3-5-7-12/h11-12,16H,2-10H2,1H3. The highest BCUT2D eigenvalue weighted by molar-refractivity contribution is 5.87. The van der Waals surface area contributed by atoms with Crippen molar-refractivity contribution in [3.05, 3.63) is 0 Å². The summed E-state index contributed by atoms with van der Waals surface area (Å²) in [4.78, 5) is 2.64. The maximum Gasteiger partial charge on any atom is 0.0627 e. The van der Waals surface area contributed by atoms with Crippen LogP contribution in [0.15, 0.2) is 5.16 Å². The molecule has 16 heavy (non-hydrogen) atoms. The molecule has 3 heteroatoms. The molecule has 1 aliphatic heterocycles. The maximum absolute atomic E-state index is 8.96. The Bertz CT molecular complexity index is 246. The van der Waals surface area contributed by atoms with E-state index in [0.29, 0.717) is 5.92 Å². The second kappa shape index (κ2) is 5.67. The lowest BCUT2D eigenvalue weighted by Crippen LogP contribution is -2.46. The van der Waals surface area contributed by atoms with Crippen LogP contribution in [0.3, 0.4) is 0 Å². The van der Waals surface area contributed by atoms with E-state index < -0.39 is 0 Å². The molecule has 1 saturated heterocycles. The summed E-state index contributed by atoms with van der Waals surface area (Å²) in [5.41, 5.74) is 1.02. The zero-order chi connectivity index (χ0) is 11.4. The number of hydrogen-bond donors (Lipinski definition) is 1. The van der Waals surface area contributed by atoms with Crippen LogP contribution in [0.5, 0.6) is 0 Å². The van der Waals surface area contributed by atoms with Crippen molar-refractivity contribution in [3.63, 3.8) is 0 Å². The number of likely N-dealkylation sites (tertiary alicyclic amines) is 1. The van der Waals surface area contributed by atoms with Crippen molar-refractivity contribution in [2.24, 2.45) is 11.1 Å². The quantitative estimate of drug-likeness (QED) is 0.578. The van der Waals surface area contributed by atoms with Crippen molar-refractivity contribution in [2.45, 2.75) is 57.9 Å². The highest BCUT2D eigenvalue weighted by atomic mass is 16.4. The molecule has 0 amide bonds. The van der Waals surface area contributed by atoms with Crippen LogP contribution in [-0.2, 0) is 0 Å². The van der Waals surface area contributed by atoms with Crippen LogP contribution in [0, 0.1) is 5.92 Å². The second-order valence-corrected chi connectivity index (χ2v) is 5.23. The van der Waals surface area contributed by atoms with Crippen molar-refractivity contribution in [1.82, 2.24) is 4.90 Å². The highest BCUT2D eigenvalue weighted by Crippen LogP contribution is 2.27. The summed E-state index contributed by atoms with van der Waals surface area (Å²) in [6, 6.07) is 0.808. The Morgan fingerprint density at radius 2 is 2.06 bits per heavy atom. The summed E-state index contributed by atoms with van der Waals surface area (Å²) in [6.07, 6.45) is 9.04. The molecule has 0 spiro atoms. The van der Waals surface area contributed by atoms with Crippen LogP contribution in [0.25, 0.3) is 0 Å². The van der Waals surface area contributed by atoms with Crippen LogP contribution in [-0.4, -0.2) is 35.0 Å². The minimum absolute atomic E-state index is 0.487. The third-order valence-corrected chi connectivity index (χ3v) is 4.29. The molecule has 1 saturated carbocycles. The first-order chi connectivity index (χ1) is 7.85.